The van der Waals surface area contributed by atoms with Crippen LogP contribution in [0.4, 0.5) is 4.79 Å². The minimum absolute atomic E-state index is 0.0961. The van der Waals surface area contributed by atoms with E-state index in [1.165, 1.54) is 12.1 Å². The number of benzene rings is 1. The van der Waals surface area contributed by atoms with E-state index in [1.807, 2.05) is 9.80 Å². The minimum atomic E-state index is -0.650. The van der Waals surface area contributed by atoms with Gasteiger partial charge in [-0.3, -0.25) is 0 Å². The number of amides is 2. The SMILES string of the molecule is O=C(N1CCOCC1)N(CCNC[C@H](O)COc1ccc(O)cc1)C1CC1. The van der Waals surface area contributed by atoms with Crippen LogP contribution in [0.25, 0.3) is 0 Å². The number of nitrogens with zero attached hydrogens (tertiary/aromatic N) is 2. The third-order valence-corrected chi connectivity index (χ3v) is 4.70. The van der Waals surface area contributed by atoms with E-state index in [4.69, 9.17) is 9.47 Å². The van der Waals surface area contributed by atoms with Gasteiger partial charge in [0.05, 0.1) is 13.2 Å². The summed E-state index contributed by atoms with van der Waals surface area (Å²) in [6, 6.07) is 6.83. The molecule has 1 aromatic rings. The summed E-state index contributed by atoms with van der Waals surface area (Å²) in [4.78, 5) is 16.5. The summed E-state index contributed by atoms with van der Waals surface area (Å²) in [7, 11) is 0. The summed E-state index contributed by atoms with van der Waals surface area (Å²) in [5.74, 6) is 0.777. The van der Waals surface area contributed by atoms with Crippen LogP contribution in [0, 0.1) is 0 Å². The molecule has 2 amide bonds. The van der Waals surface area contributed by atoms with Crippen LogP contribution in [0.1, 0.15) is 12.8 Å². The van der Waals surface area contributed by atoms with Crippen LogP contribution < -0.4 is 10.1 Å². The number of aliphatic hydroxyl groups is 1. The maximum atomic E-state index is 12.7. The van der Waals surface area contributed by atoms with Crippen LogP contribution in [0.3, 0.4) is 0 Å². The lowest BCUT2D eigenvalue weighted by Gasteiger charge is -2.33. The summed E-state index contributed by atoms with van der Waals surface area (Å²) in [5, 5.41) is 22.5. The Kier molecular flexibility index (Phi) is 7.14. The van der Waals surface area contributed by atoms with Crippen LogP contribution >= 0.6 is 0 Å². The van der Waals surface area contributed by atoms with E-state index >= 15 is 0 Å². The molecule has 150 valence electrons. The van der Waals surface area contributed by atoms with Gasteiger partial charge in [-0.05, 0) is 37.1 Å². The zero-order valence-electron chi connectivity index (χ0n) is 15.5. The Morgan fingerprint density at radius 2 is 2.00 bits per heavy atom. The standard InChI is InChI=1S/C19H29N3O5/c23-16-3-5-18(6-4-16)27-14-17(24)13-20-7-8-22(15-1-2-15)19(25)21-9-11-26-12-10-21/h3-6,15,17,20,23-24H,1-2,7-14H2/t17-/m0/s1. The Labute approximate surface area is 159 Å². The summed E-state index contributed by atoms with van der Waals surface area (Å²) >= 11 is 0. The molecule has 1 heterocycles. The van der Waals surface area contributed by atoms with Crippen molar-refractivity contribution in [2.24, 2.45) is 0 Å². The van der Waals surface area contributed by atoms with Crippen molar-refractivity contribution in [2.45, 2.75) is 25.0 Å². The molecule has 27 heavy (non-hydrogen) atoms. The van der Waals surface area contributed by atoms with E-state index in [1.54, 1.807) is 12.1 Å². The van der Waals surface area contributed by atoms with Gasteiger partial charge in [0.25, 0.3) is 0 Å². The normalized spacial score (nSPS) is 18.2. The number of phenolic OH excluding ortho intramolecular Hbond substituents is 1. The smallest absolute Gasteiger partial charge is 0.320 e. The largest absolute Gasteiger partial charge is 0.508 e. The lowest BCUT2D eigenvalue weighted by molar-refractivity contribution is 0.0425. The first-order valence-electron chi connectivity index (χ1n) is 9.57. The summed E-state index contributed by atoms with van der Waals surface area (Å²) < 4.78 is 10.8. The first-order chi connectivity index (χ1) is 13.1. The first-order valence-corrected chi connectivity index (χ1v) is 9.57. The van der Waals surface area contributed by atoms with E-state index in [-0.39, 0.29) is 18.4 Å². The highest BCUT2D eigenvalue weighted by Gasteiger charge is 2.34. The van der Waals surface area contributed by atoms with E-state index in [2.05, 4.69) is 5.32 Å². The van der Waals surface area contributed by atoms with Gasteiger partial charge in [0.1, 0.15) is 24.2 Å². The van der Waals surface area contributed by atoms with Gasteiger partial charge in [0, 0.05) is 38.8 Å². The van der Waals surface area contributed by atoms with Gasteiger partial charge in [0.15, 0.2) is 0 Å². The zero-order chi connectivity index (χ0) is 19.1. The van der Waals surface area contributed by atoms with Gasteiger partial charge in [-0.2, -0.15) is 0 Å². The molecule has 0 spiro atoms. The van der Waals surface area contributed by atoms with Crippen LogP contribution in [0.2, 0.25) is 0 Å². The maximum absolute atomic E-state index is 12.7. The molecule has 1 aliphatic carbocycles. The summed E-state index contributed by atoms with van der Waals surface area (Å²) in [6.45, 7) is 4.34. The molecule has 0 bridgehead atoms. The fraction of sp³-hybridized carbons (Fsp3) is 0.632. The van der Waals surface area contributed by atoms with Crippen LogP contribution in [0.15, 0.2) is 24.3 Å². The summed E-state index contributed by atoms with van der Waals surface area (Å²) in [6.07, 6.45) is 1.49. The Hall–Kier alpha value is -2.03. The van der Waals surface area contributed by atoms with Gasteiger partial charge in [-0.1, -0.05) is 0 Å². The van der Waals surface area contributed by atoms with E-state index in [9.17, 15) is 15.0 Å². The molecule has 2 aliphatic rings. The van der Waals surface area contributed by atoms with Crippen molar-refractivity contribution in [1.29, 1.82) is 0 Å². The molecule has 1 aromatic carbocycles. The molecule has 0 radical (unpaired) electrons. The van der Waals surface area contributed by atoms with Crippen molar-refractivity contribution in [1.82, 2.24) is 15.1 Å². The lowest BCUT2D eigenvalue weighted by atomic mass is 10.3. The molecular formula is C19H29N3O5. The Morgan fingerprint density at radius 1 is 1.30 bits per heavy atom. The van der Waals surface area contributed by atoms with Crippen LogP contribution in [0.5, 0.6) is 11.5 Å². The van der Waals surface area contributed by atoms with E-state index in [0.29, 0.717) is 57.7 Å². The van der Waals surface area contributed by atoms with Crippen molar-refractivity contribution >= 4 is 6.03 Å². The lowest BCUT2D eigenvalue weighted by Crippen LogP contribution is -2.50. The van der Waals surface area contributed by atoms with Crippen molar-refractivity contribution in [3.63, 3.8) is 0 Å². The van der Waals surface area contributed by atoms with E-state index in [0.717, 1.165) is 12.8 Å². The average Bonchev–Trinajstić information content (AvgIpc) is 3.53. The number of aromatic hydroxyl groups is 1. The molecule has 1 saturated carbocycles. The molecular weight excluding hydrogens is 350 g/mol. The number of nitrogens with one attached hydrogen (secondary N) is 1. The van der Waals surface area contributed by atoms with Gasteiger partial charge in [0.2, 0.25) is 0 Å². The number of hydrogen-bond acceptors (Lipinski definition) is 6. The number of carbonyl (C=O) groups excluding carboxylic acids is 1. The third-order valence-electron chi connectivity index (χ3n) is 4.70. The molecule has 3 N–H and O–H groups in total. The Morgan fingerprint density at radius 3 is 2.67 bits per heavy atom. The van der Waals surface area contributed by atoms with Crippen LogP contribution in [-0.2, 0) is 4.74 Å². The molecule has 1 atom stereocenters. The van der Waals surface area contributed by atoms with Gasteiger partial charge >= 0.3 is 6.03 Å². The first kappa shape index (κ1) is 19.7. The van der Waals surface area contributed by atoms with Crippen molar-refractivity contribution < 1.29 is 24.5 Å². The molecule has 2 fully saturated rings. The molecule has 3 rings (SSSR count). The number of aliphatic hydroxyl groups excluding tert-OH is 1. The fourth-order valence-electron chi connectivity index (χ4n) is 3.02. The molecule has 0 unspecified atom stereocenters. The van der Waals surface area contributed by atoms with Crippen molar-refractivity contribution in [3.05, 3.63) is 24.3 Å². The number of rotatable bonds is 9. The van der Waals surface area contributed by atoms with Crippen molar-refractivity contribution in [2.75, 3.05) is 52.5 Å². The number of hydrogen-bond donors (Lipinski definition) is 3. The number of carbonyl (C=O) groups is 1. The molecule has 1 saturated heterocycles. The highest BCUT2D eigenvalue weighted by atomic mass is 16.5. The highest BCUT2D eigenvalue weighted by molar-refractivity contribution is 5.75. The van der Waals surface area contributed by atoms with Crippen molar-refractivity contribution in [3.8, 4) is 11.5 Å². The summed E-state index contributed by atoms with van der Waals surface area (Å²) in [5.41, 5.74) is 0. The molecule has 1 aliphatic heterocycles. The number of phenols is 1. The quantitative estimate of drug-likeness (QED) is 0.545. The van der Waals surface area contributed by atoms with E-state index < -0.39 is 6.10 Å². The Balaban J connectivity index is 1.33. The second kappa shape index (κ2) is 9.77. The molecule has 8 nitrogen and oxygen atoms in total. The second-order valence-electron chi connectivity index (χ2n) is 6.97. The number of urea groups is 1. The highest BCUT2D eigenvalue weighted by Crippen LogP contribution is 2.27. The predicted molar refractivity (Wildman–Crippen MR) is 100.0 cm³/mol. The average molecular weight is 379 g/mol. The topological polar surface area (TPSA) is 94.5 Å². The third kappa shape index (κ3) is 6.27. The van der Waals surface area contributed by atoms with Gasteiger partial charge in [-0.25, -0.2) is 4.79 Å². The minimum Gasteiger partial charge on any atom is -0.508 e. The van der Waals surface area contributed by atoms with Gasteiger partial charge < -0.3 is 34.8 Å². The molecule has 0 aromatic heterocycles. The Bertz CT molecular complexity index is 588. The second-order valence-corrected chi connectivity index (χ2v) is 6.97. The molecule has 8 heteroatoms. The van der Waals surface area contributed by atoms with Crippen LogP contribution in [-0.4, -0.2) is 90.7 Å². The maximum Gasteiger partial charge on any atom is 0.320 e. The monoisotopic (exact) mass is 379 g/mol. The fourth-order valence-corrected chi connectivity index (χ4v) is 3.02. The number of morpholine rings is 1. The predicted octanol–water partition coefficient (Wildman–Crippen LogP) is 0.638. The zero-order valence-corrected chi connectivity index (χ0v) is 15.5. The van der Waals surface area contributed by atoms with Gasteiger partial charge in [-0.15, -0.1) is 0 Å². The number of ether oxygens (including phenoxy) is 2.